The van der Waals surface area contributed by atoms with Gasteiger partial charge in [-0.25, -0.2) is 0 Å². The average Bonchev–Trinajstić information content (AvgIpc) is 2.44. The number of likely N-dealkylation sites (tertiary alicyclic amines) is 1. The van der Waals surface area contributed by atoms with E-state index < -0.39 is 9.96 Å². The van der Waals surface area contributed by atoms with Gasteiger partial charge in [0.1, 0.15) is 0 Å². The number of hydrogen-bond acceptors (Lipinski definition) is 2. The molecule has 2 aliphatic heterocycles. The number of pyridine rings is 1. The Labute approximate surface area is 143 Å². The maximum absolute atomic E-state index is 12.0. The van der Waals surface area contributed by atoms with E-state index in [0.717, 1.165) is 30.1 Å². The second-order valence-corrected chi connectivity index (χ2v) is 8.39. The van der Waals surface area contributed by atoms with E-state index in [-0.39, 0.29) is 11.5 Å². The van der Waals surface area contributed by atoms with E-state index in [1.165, 1.54) is 0 Å². The van der Waals surface area contributed by atoms with E-state index in [9.17, 15) is 9.59 Å². The Morgan fingerprint density at radius 3 is 2.82 bits per heavy atom. The van der Waals surface area contributed by atoms with Crippen molar-refractivity contribution >= 4 is 41.2 Å². The van der Waals surface area contributed by atoms with Crippen molar-refractivity contribution in [3.63, 3.8) is 0 Å². The highest BCUT2D eigenvalue weighted by Crippen LogP contribution is 2.32. The second kappa shape index (κ2) is 6.04. The van der Waals surface area contributed by atoms with Crippen molar-refractivity contribution in [2.75, 3.05) is 13.1 Å². The van der Waals surface area contributed by atoms with Gasteiger partial charge in [0.15, 0.2) is 0 Å². The highest BCUT2D eigenvalue weighted by molar-refractivity contribution is 6.68. The van der Waals surface area contributed by atoms with Gasteiger partial charge in [-0.1, -0.05) is 40.9 Å². The van der Waals surface area contributed by atoms with Gasteiger partial charge in [-0.3, -0.25) is 9.59 Å². The Kier molecular flexibility index (Phi) is 4.42. The van der Waals surface area contributed by atoms with E-state index in [2.05, 4.69) is 5.32 Å². The predicted octanol–water partition coefficient (Wildman–Crippen LogP) is 0.293. The fraction of sp³-hybridized carbons (Fsp3) is 0.571. The van der Waals surface area contributed by atoms with Crippen LogP contribution in [0.1, 0.15) is 18.0 Å². The predicted molar refractivity (Wildman–Crippen MR) is 85.5 cm³/mol. The van der Waals surface area contributed by atoms with Crippen LogP contribution in [-0.2, 0) is 11.3 Å². The first-order chi connectivity index (χ1) is 10.4. The highest BCUT2D eigenvalue weighted by atomic mass is 35.6. The fourth-order valence-electron chi connectivity index (χ4n) is 3.80. The number of hydrogen-bond donors (Lipinski definition) is 2. The van der Waals surface area contributed by atoms with Crippen LogP contribution in [0.5, 0.6) is 0 Å². The van der Waals surface area contributed by atoms with Gasteiger partial charge in [-0.2, -0.15) is 0 Å². The number of amides is 1. The number of aromatic nitrogens is 1. The number of carbonyl (C=O) groups is 1. The maximum atomic E-state index is 12.0. The fourth-order valence-corrected chi connectivity index (χ4v) is 4.45. The SMILES string of the molecule is O=CN[C@@H]([NH+]1C[C@@H]2C[C@H](C1)c1cccc(=O)n1C2)C(Cl)(Cl)Cl. The minimum atomic E-state index is -1.57. The number of carbonyl (C=O) groups excluding carboxylic acids is 1. The van der Waals surface area contributed by atoms with E-state index in [4.69, 9.17) is 34.8 Å². The minimum absolute atomic E-state index is 0.0413. The van der Waals surface area contributed by atoms with Gasteiger partial charge in [0.05, 0.1) is 13.1 Å². The number of nitrogens with zero attached hydrogens (tertiary/aromatic N) is 1. The molecule has 120 valence electrons. The molecule has 0 spiro atoms. The quantitative estimate of drug-likeness (QED) is 0.598. The summed E-state index contributed by atoms with van der Waals surface area (Å²) < 4.78 is 0.283. The lowest BCUT2D eigenvalue weighted by Gasteiger charge is -2.44. The summed E-state index contributed by atoms with van der Waals surface area (Å²) >= 11 is 18.1. The van der Waals surface area contributed by atoms with Crippen LogP contribution in [0.3, 0.4) is 0 Å². The third-order valence-electron chi connectivity index (χ3n) is 4.59. The standard InChI is InChI=1S/C14H16Cl3N3O2/c15-14(16,17)13(18-8-21)19-5-9-4-10(7-19)11-2-1-3-12(22)20(11)6-9/h1-3,8-10,13H,4-7H2,(H,18,21)/p+1/t9-,10+,13-/m0/s1. The summed E-state index contributed by atoms with van der Waals surface area (Å²) in [6, 6.07) is 5.37. The van der Waals surface area contributed by atoms with Crippen LogP contribution >= 0.6 is 34.8 Å². The third-order valence-corrected chi connectivity index (χ3v) is 5.24. The maximum Gasteiger partial charge on any atom is 0.262 e. The first-order valence-electron chi connectivity index (χ1n) is 7.21. The molecule has 2 N–H and O–H groups in total. The molecule has 1 amide bonds. The van der Waals surface area contributed by atoms with Gasteiger partial charge < -0.3 is 14.8 Å². The molecule has 22 heavy (non-hydrogen) atoms. The van der Waals surface area contributed by atoms with Crippen molar-refractivity contribution in [2.24, 2.45) is 5.92 Å². The van der Waals surface area contributed by atoms with Crippen molar-refractivity contribution in [3.05, 3.63) is 34.2 Å². The van der Waals surface area contributed by atoms with Crippen LogP contribution in [-0.4, -0.2) is 34.0 Å². The number of halogens is 3. The lowest BCUT2D eigenvalue weighted by molar-refractivity contribution is -0.937. The molecule has 1 aromatic rings. The lowest BCUT2D eigenvalue weighted by atomic mass is 9.83. The number of nitrogens with one attached hydrogen (secondary N) is 2. The van der Waals surface area contributed by atoms with E-state index >= 15 is 0 Å². The number of alkyl halides is 3. The zero-order chi connectivity index (χ0) is 15.9. The largest absolute Gasteiger partial charge is 0.312 e. The average molecular weight is 366 g/mol. The molecule has 5 nitrogen and oxygen atoms in total. The van der Waals surface area contributed by atoms with Crippen molar-refractivity contribution in [1.82, 2.24) is 9.88 Å². The molecule has 2 bridgehead atoms. The zero-order valence-electron chi connectivity index (χ0n) is 11.8. The van der Waals surface area contributed by atoms with Crippen LogP contribution in [0.2, 0.25) is 0 Å². The monoisotopic (exact) mass is 364 g/mol. The molecule has 0 radical (unpaired) electrons. The number of fused-ring (bicyclic) bond motifs is 4. The molecule has 1 aromatic heterocycles. The van der Waals surface area contributed by atoms with Crippen molar-refractivity contribution < 1.29 is 9.69 Å². The smallest absolute Gasteiger partial charge is 0.262 e. The molecule has 1 saturated heterocycles. The molecule has 2 aliphatic rings. The summed E-state index contributed by atoms with van der Waals surface area (Å²) in [6.45, 7) is 2.17. The van der Waals surface area contributed by atoms with Crippen LogP contribution in [0.15, 0.2) is 23.0 Å². The second-order valence-electron chi connectivity index (χ2n) is 6.02. The molecule has 8 heteroatoms. The Balaban J connectivity index is 1.89. The molecule has 3 heterocycles. The van der Waals surface area contributed by atoms with Gasteiger partial charge in [0.25, 0.3) is 9.35 Å². The zero-order valence-corrected chi connectivity index (χ0v) is 14.0. The summed E-state index contributed by atoms with van der Waals surface area (Å²) in [4.78, 5) is 23.9. The highest BCUT2D eigenvalue weighted by Gasteiger charge is 2.46. The molecule has 0 aliphatic carbocycles. The number of quaternary nitrogens is 1. The molecule has 1 unspecified atom stereocenters. The van der Waals surface area contributed by atoms with Crippen LogP contribution in [0.4, 0.5) is 0 Å². The van der Waals surface area contributed by atoms with Gasteiger partial charge in [0, 0.05) is 30.1 Å². The Bertz CT molecular complexity index is 628. The molecule has 1 fully saturated rings. The summed E-state index contributed by atoms with van der Waals surface area (Å²) in [6.07, 6.45) is 1.01. The van der Waals surface area contributed by atoms with Crippen LogP contribution in [0, 0.1) is 5.92 Å². The Hall–Kier alpha value is -0.750. The molecular formula is C14H17Cl3N3O2+. The topological polar surface area (TPSA) is 55.5 Å². The van der Waals surface area contributed by atoms with Crippen LogP contribution < -0.4 is 15.8 Å². The van der Waals surface area contributed by atoms with Gasteiger partial charge in [0.2, 0.25) is 12.6 Å². The van der Waals surface area contributed by atoms with Crippen LogP contribution in [0.25, 0.3) is 0 Å². The normalized spacial score (nSPS) is 28.6. The van der Waals surface area contributed by atoms with Gasteiger partial charge >= 0.3 is 0 Å². The Morgan fingerprint density at radius 2 is 2.14 bits per heavy atom. The third kappa shape index (κ3) is 3.00. The number of rotatable bonds is 3. The van der Waals surface area contributed by atoms with Crippen molar-refractivity contribution in [1.29, 1.82) is 0 Å². The number of piperidine rings is 1. The molecule has 3 rings (SSSR count). The van der Waals surface area contributed by atoms with E-state index in [1.807, 2.05) is 10.6 Å². The Morgan fingerprint density at radius 1 is 1.36 bits per heavy atom. The van der Waals surface area contributed by atoms with E-state index in [0.29, 0.717) is 18.9 Å². The molecule has 0 saturated carbocycles. The molecular weight excluding hydrogens is 349 g/mol. The summed E-state index contributed by atoms with van der Waals surface area (Å²) in [5, 5.41) is 2.63. The first kappa shape index (κ1) is 16.1. The summed E-state index contributed by atoms with van der Waals surface area (Å²) in [5.41, 5.74) is 1.08. The molecule has 0 aromatic carbocycles. The van der Waals surface area contributed by atoms with Crippen molar-refractivity contribution in [2.45, 2.75) is 28.8 Å². The summed E-state index contributed by atoms with van der Waals surface area (Å²) in [7, 11) is 0. The molecule has 4 atom stereocenters. The van der Waals surface area contributed by atoms with Crippen molar-refractivity contribution in [3.8, 4) is 0 Å². The minimum Gasteiger partial charge on any atom is -0.312 e. The van der Waals surface area contributed by atoms with E-state index in [1.54, 1.807) is 12.1 Å². The first-order valence-corrected chi connectivity index (χ1v) is 8.34. The lowest BCUT2D eigenvalue weighted by Crippen LogP contribution is -3.21. The van der Waals surface area contributed by atoms with Gasteiger partial charge in [-0.05, 0) is 12.5 Å². The van der Waals surface area contributed by atoms with Gasteiger partial charge in [-0.15, -0.1) is 0 Å². The summed E-state index contributed by atoms with van der Waals surface area (Å²) in [5.74, 6) is 0.573.